The van der Waals surface area contributed by atoms with Crippen molar-refractivity contribution in [2.45, 2.75) is 25.2 Å². The van der Waals surface area contributed by atoms with Crippen molar-refractivity contribution in [1.82, 2.24) is 0 Å². The molecule has 1 heterocycles. The van der Waals surface area contributed by atoms with E-state index in [0.29, 0.717) is 29.3 Å². The molecule has 0 fully saturated rings. The van der Waals surface area contributed by atoms with Crippen molar-refractivity contribution < 1.29 is 49.5 Å². The monoisotopic (exact) mass is 670 g/mol. The molecule has 0 aromatic heterocycles. The lowest BCUT2D eigenvalue weighted by Crippen LogP contribution is -2.31. The lowest BCUT2D eigenvalue weighted by Gasteiger charge is -2.23. The average molecular weight is 671 g/mol. The SMILES string of the molecule is O=C(O)c1cc(-c2cc(C(F)(F)F)cc(C(F)(F)F)c2)ccc1NC(=O)C1C=C(S(=O)(=O)N2CCc3cc(Cl)ccc32)C=CC1. The Balaban J connectivity index is 1.42. The van der Waals surface area contributed by atoms with Gasteiger partial charge < -0.3 is 10.4 Å². The number of carboxylic acids is 1. The molecule has 0 saturated heterocycles. The first kappa shape index (κ1) is 32.1. The van der Waals surface area contributed by atoms with Gasteiger partial charge in [-0.3, -0.25) is 9.10 Å². The molecule has 0 spiro atoms. The lowest BCUT2D eigenvalue weighted by molar-refractivity contribution is -0.143. The molecule has 1 aliphatic heterocycles. The Morgan fingerprint density at radius 2 is 1.58 bits per heavy atom. The molecular formula is C30H21ClF6N2O5S. The number of amides is 1. The summed E-state index contributed by atoms with van der Waals surface area (Å²) >= 11 is 6.02. The van der Waals surface area contributed by atoms with Gasteiger partial charge in [-0.05, 0) is 84.1 Å². The van der Waals surface area contributed by atoms with E-state index in [1.54, 1.807) is 18.2 Å². The van der Waals surface area contributed by atoms with Crippen LogP contribution in [0.25, 0.3) is 11.1 Å². The molecule has 2 N–H and O–H groups in total. The van der Waals surface area contributed by atoms with E-state index in [1.165, 1.54) is 22.5 Å². The predicted molar refractivity (Wildman–Crippen MR) is 154 cm³/mol. The van der Waals surface area contributed by atoms with Crippen LogP contribution in [0.5, 0.6) is 0 Å². The number of benzene rings is 3. The quantitative estimate of drug-likeness (QED) is 0.264. The molecule has 1 unspecified atom stereocenters. The number of carbonyl (C=O) groups is 2. The van der Waals surface area contributed by atoms with Crippen LogP contribution in [-0.4, -0.2) is 31.9 Å². The maximum atomic E-state index is 13.5. The number of alkyl halides is 6. The maximum absolute atomic E-state index is 13.5. The normalized spacial score (nSPS) is 16.7. The summed E-state index contributed by atoms with van der Waals surface area (Å²) in [5, 5.41) is 12.6. The summed E-state index contributed by atoms with van der Waals surface area (Å²) in [6.07, 6.45) is -5.66. The molecule has 15 heteroatoms. The first-order valence-corrected chi connectivity index (χ1v) is 14.9. The van der Waals surface area contributed by atoms with Gasteiger partial charge in [-0.25, -0.2) is 13.2 Å². The third-order valence-corrected chi connectivity index (χ3v) is 9.35. The third kappa shape index (κ3) is 6.57. The second kappa shape index (κ2) is 11.6. The molecule has 2 aliphatic rings. The number of nitrogens with one attached hydrogen (secondary N) is 1. The van der Waals surface area contributed by atoms with Crippen LogP contribution in [0, 0.1) is 5.92 Å². The van der Waals surface area contributed by atoms with Crippen LogP contribution in [0.15, 0.2) is 77.7 Å². The Labute approximate surface area is 257 Å². The summed E-state index contributed by atoms with van der Waals surface area (Å²) in [5.74, 6) is -3.45. The number of carboxylic acid groups (broad SMARTS) is 1. The Morgan fingerprint density at radius 1 is 0.911 bits per heavy atom. The molecule has 5 rings (SSSR count). The molecular weight excluding hydrogens is 650 g/mol. The van der Waals surface area contributed by atoms with E-state index in [2.05, 4.69) is 5.32 Å². The molecule has 1 atom stereocenters. The first-order chi connectivity index (χ1) is 20.9. The highest BCUT2D eigenvalue weighted by Crippen LogP contribution is 2.40. The molecule has 3 aromatic carbocycles. The minimum absolute atomic E-state index is 0.0467. The fourth-order valence-corrected chi connectivity index (χ4v) is 6.90. The van der Waals surface area contributed by atoms with E-state index in [1.807, 2.05) is 0 Å². The molecule has 1 amide bonds. The zero-order valence-electron chi connectivity index (χ0n) is 22.7. The fourth-order valence-electron chi connectivity index (χ4n) is 5.08. The van der Waals surface area contributed by atoms with E-state index >= 15 is 0 Å². The highest BCUT2D eigenvalue weighted by atomic mass is 35.5. The summed E-state index contributed by atoms with van der Waals surface area (Å²) in [7, 11) is -4.08. The Morgan fingerprint density at radius 3 is 2.20 bits per heavy atom. The van der Waals surface area contributed by atoms with Crippen LogP contribution in [-0.2, 0) is 33.6 Å². The van der Waals surface area contributed by atoms with Gasteiger partial charge in [-0.2, -0.15) is 26.3 Å². The van der Waals surface area contributed by atoms with Crippen molar-refractivity contribution in [2.75, 3.05) is 16.2 Å². The zero-order valence-corrected chi connectivity index (χ0v) is 24.3. The summed E-state index contributed by atoms with van der Waals surface area (Å²) in [6.45, 7) is 0.157. The standard InChI is InChI=1S/C30H21ClF6N2O5S/c31-22-5-7-26-17(12-22)8-9-39(26)45(43,44)23-3-1-2-18(13-23)27(40)38-25-6-4-16(14-24(25)28(41)42)19-10-20(29(32,33)34)15-21(11-19)30(35,36)37/h1,3-7,10-15,18H,2,8-9H2,(H,38,40)(H,41,42). The molecule has 0 saturated carbocycles. The number of nitrogens with zero attached hydrogens (tertiary/aromatic N) is 1. The van der Waals surface area contributed by atoms with Crippen molar-refractivity contribution in [3.63, 3.8) is 0 Å². The van der Waals surface area contributed by atoms with Crippen LogP contribution in [0.2, 0.25) is 5.02 Å². The fraction of sp³-hybridized carbons (Fsp3) is 0.200. The number of anilines is 2. The van der Waals surface area contributed by atoms with Crippen molar-refractivity contribution in [3.05, 3.63) is 105 Å². The predicted octanol–water partition coefficient (Wildman–Crippen LogP) is 7.53. The molecule has 3 aromatic rings. The second-order valence-electron chi connectivity index (χ2n) is 10.3. The van der Waals surface area contributed by atoms with Crippen molar-refractivity contribution >= 4 is 44.9 Å². The highest BCUT2D eigenvalue weighted by Gasteiger charge is 2.37. The summed E-state index contributed by atoms with van der Waals surface area (Å²) in [5.41, 5.74) is -3.68. The van der Waals surface area contributed by atoms with Crippen LogP contribution in [0.3, 0.4) is 0 Å². The lowest BCUT2D eigenvalue weighted by atomic mass is 9.96. The number of carbonyl (C=O) groups excluding carboxylic acids is 1. The van der Waals surface area contributed by atoms with Gasteiger partial charge in [0.05, 0.1) is 38.9 Å². The van der Waals surface area contributed by atoms with E-state index < -0.39 is 62.4 Å². The van der Waals surface area contributed by atoms with E-state index in [-0.39, 0.29) is 35.2 Å². The largest absolute Gasteiger partial charge is 0.478 e. The highest BCUT2D eigenvalue weighted by molar-refractivity contribution is 7.96. The smallest absolute Gasteiger partial charge is 0.416 e. The van der Waals surface area contributed by atoms with E-state index in [4.69, 9.17) is 11.6 Å². The molecule has 0 bridgehead atoms. The van der Waals surface area contributed by atoms with Crippen molar-refractivity contribution in [1.29, 1.82) is 0 Å². The van der Waals surface area contributed by atoms with Gasteiger partial charge in [0.1, 0.15) is 0 Å². The summed E-state index contributed by atoms with van der Waals surface area (Å²) in [4.78, 5) is 25.1. The van der Waals surface area contributed by atoms with Gasteiger partial charge in [0.2, 0.25) is 5.91 Å². The van der Waals surface area contributed by atoms with Crippen LogP contribution < -0.4 is 9.62 Å². The number of sulfonamides is 1. The minimum Gasteiger partial charge on any atom is -0.478 e. The van der Waals surface area contributed by atoms with Gasteiger partial charge >= 0.3 is 18.3 Å². The van der Waals surface area contributed by atoms with Crippen LogP contribution >= 0.6 is 11.6 Å². The molecule has 45 heavy (non-hydrogen) atoms. The Hall–Kier alpha value is -4.30. The van der Waals surface area contributed by atoms with Gasteiger partial charge in [0, 0.05) is 11.6 Å². The number of fused-ring (bicyclic) bond motifs is 1. The Bertz CT molecular complexity index is 1850. The molecule has 236 valence electrons. The first-order valence-electron chi connectivity index (χ1n) is 13.1. The topological polar surface area (TPSA) is 104 Å². The minimum atomic E-state index is -5.11. The Kier molecular flexibility index (Phi) is 8.25. The third-order valence-electron chi connectivity index (χ3n) is 7.29. The second-order valence-corrected chi connectivity index (χ2v) is 12.6. The van der Waals surface area contributed by atoms with Crippen molar-refractivity contribution in [3.8, 4) is 11.1 Å². The number of hydrogen-bond donors (Lipinski definition) is 2. The van der Waals surface area contributed by atoms with Gasteiger partial charge in [-0.1, -0.05) is 29.8 Å². The molecule has 1 aliphatic carbocycles. The number of rotatable bonds is 6. The summed E-state index contributed by atoms with van der Waals surface area (Å²) in [6, 6.07) is 8.64. The number of hydrogen-bond acceptors (Lipinski definition) is 4. The van der Waals surface area contributed by atoms with E-state index in [9.17, 15) is 49.5 Å². The number of halogens is 7. The average Bonchev–Trinajstić information content (AvgIpc) is 3.40. The van der Waals surface area contributed by atoms with Gasteiger partial charge in [0.25, 0.3) is 10.0 Å². The van der Waals surface area contributed by atoms with Crippen molar-refractivity contribution in [2.24, 2.45) is 5.92 Å². The van der Waals surface area contributed by atoms with E-state index in [0.717, 1.165) is 23.8 Å². The molecule has 7 nitrogen and oxygen atoms in total. The van der Waals surface area contributed by atoms with Gasteiger partial charge in [-0.15, -0.1) is 0 Å². The zero-order chi connectivity index (χ0) is 32.9. The van der Waals surface area contributed by atoms with Crippen LogP contribution in [0.4, 0.5) is 37.7 Å². The molecule has 0 radical (unpaired) electrons. The maximum Gasteiger partial charge on any atom is 0.416 e. The number of allylic oxidation sites excluding steroid dienone is 2. The van der Waals surface area contributed by atoms with Gasteiger partial charge in [0.15, 0.2) is 0 Å². The summed E-state index contributed by atoms with van der Waals surface area (Å²) < 4.78 is 108. The number of aromatic carboxylic acids is 1. The van der Waals surface area contributed by atoms with Crippen LogP contribution in [0.1, 0.15) is 33.5 Å².